The Balaban J connectivity index is 1.32. The Bertz CT molecular complexity index is 696. The number of hydrogen-bond acceptors (Lipinski definition) is 6. The molecule has 2 aromatic heterocycles. The quantitative estimate of drug-likeness (QED) is 0.891. The van der Waals surface area contributed by atoms with Gasteiger partial charge in [-0.3, -0.25) is 4.79 Å². The molecule has 1 amide bonds. The lowest BCUT2D eigenvalue weighted by Crippen LogP contribution is -2.23. The minimum atomic E-state index is -0.207. The summed E-state index contributed by atoms with van der Waals surface area (Å²) in [6.45, 7) is 1.92. The van der Waals surface area contributed by atoms with E-state index in [9.17, 15) is 4.79 Å². The van der Waals surface area contributed by atoms with E-state index in [1.54, 1.807) is 22.2 Å². The van der Waals surface area contributed by atoms with Gasteiger partial charge in [0.05, 0.1) is 31.1 Å². The highest BCUT2D eigenvalue weighted by molar-refractivity contribution is 7.11. The first kappa shape index (κ1) is 15.7. The van der Waals surface area contributed by atoms with Crippen LogP contribution in [0.4, 0.5) is 0 Å². The molecule has 1 N–H and O–H groups in total. The molecule has 3 heterocycles. The van der Waals surface area contributed by atoms with Gasteiger partial charge < -0.3 is 10.1 Å². The molecule has 0 radical (unpaired) electrons. The Morgan fingerprint density at radius 3 is 3.12 bits per heavy atom. The number of amides is 1. The summed E-state index contributed by atoms with van der Waals surface area (Å²) in [4.78, 5) is 18.2. The van der Waals surface area contributed by atoms with Gasteiger partial charge in [-0.1, -0.05) is 5.21 Å². The van der Waals surface area contributed by atoms with Gasteiger partial charge in [0.2, 0.25) is 0 Å². The molecule has 24 heavy (non-hydrogen) atoms. The fraction of sp³-hybridized carbons (Fsp3) is 0.625. The molecule has 2 aliphatic rings. The number of aryl methyl sites for hydroxylation is 2. The molecular weight excluding hydrogens is 326 g/mol. The Kier molecular flexibility index (Phi) is 4.57. The topological polar surface area (TPSA) is 81.9 Å². The molecule has 0 bridgehead atoms. The smallest absolute Gasteiger partial charge is 0.273 e. The van der Waals surface area contributed by atoms with Gasteiger partial charge in [0.25, 0.3) is 5.91 Å². The average molecular weight is 347 g/mol. The number of thiazole rings is 1. The number of rotatable bonds is 5. The third-order valence-corrected chi connectivity index (χ3v) is 5.63. The van der Waals surface area contributed by atoms with Crippen LogP contribution >= 0.6 is 11.3 Å². The van der Waals surface area contributed by atoms with Crippen molar-refractivity contribution in [3.8, 4) is 0 Å². The molecule has 128 valence electrons. The van der Waals surface area contributed by atoms with Crippen LogP contribution in [-0.4, -0.2) is 38.6 Å². The van der Waals surface area contributed by atoms with Crippen LogP contribution < -0.4 is 5.32 Å². The molecule has 8 heteroatoms. The van der Waals surface area contributed by atoms with Crippen LogP contribution in [0.5, 0.6) is 0 Å². The molecule has 0 spiro atoms. The summed E-state index contributed by atoms with van der Waals surface area (Å²) in [5, 5.41) is 11.9. The molecule has 4 rings (SSSR count). The van der Waals surface area contributed by atoms with Gasteiger partial charge in [-0.15, -0.1) is 16.4 Å². The normalized spacial score (nSPS) is 20.1. The third-order valence-electron chi connectivity index (χ3n) is 4.48. The maximum absolute atomic E-state index is 12.2. The second-order valence-corrected chi connectivity index (χ2v) is 7.50. The van der Waals surface area contributed by atoms with E-state index in [1.165, 1.54) is 23.4 Å². The van der Waals surface area contributed by atoms with Crippen molar-refractivity contribution < 1.29 is 9.53 Å². The van der Waals surface area contributed by atoms with Gasteiger partial charge in [0.15, 0.2) is 5.69 Å². The van der Waals surface area contributed by atoms with Crippen molar-refractivity contribution in [3.63, 3.8) is 0 Å². The zero-order chi connectivity index (χ0) is 16.4. The van der Waals surface area contributed by atoms with Crippen molar-refractivity contribution in [2.24, 2.45) is 0 Å². The van der Waals surface area contributed by atoms with Crippen LogP contribution in [0.2, 0.25) is 0 Å². The fourth-order valence-corrected chi connectivity index (χ4v) is 4.31. The Morgan fingerprint density at radius 1 is 1.38 bits per heavy atom. The van der Waals surface area contributed by atoms with E-state index in [0.29, 0.717) is 18.8 Å². The number of aromatic nitrogens is 4. The van der Waals surface area contributed by atoms with Gasteiger partial charge in [-0.25, -0.2) is 9.67 Å². The number of hydrogen-bond donors (Lipinski definition) is 1. The molecule has 0 aromatic carbocycles. The number of ether oxygens (including phenoxy) is 1. The van der Waals surface area contributed by atoms with Gasteiger partial charge in [0.1, 0.15) is 5.01 Å². The summed E-state index contributed by atoms with van der Waals surface area (Å²) >= 11 is 1.72. The third kappa shape index (κ3) is 3.49. The van der Waals surface area contributed by atoms with Gasteiger partial charge >= 0.3 is 0 Å². The van der Waals surface area contributed by atoms with Gasteiger partial charge in [0, 0.05) is 11.5 Å². The van der Waals surface area contributed by atoms with Gasteiger partial charge in [-0.05, 0) is 38.5 Å². The molecule has 7 nitrogen and oxygen atoms in total. The van der Waals surface area contributed by atoms with Gasteiger partial charge in [-0.2, -0.15) is 0 Å². The lowest BCUT2D eigenvalue weighted by molar-refractivity contribution is 0.0929. The van der Waals surface area contributed by atoms with Crippen LogP contribution in [0.25, 0.3) is 0 Å². The van der Waals surface area contributed by atoms with E-state index in [4.69, 9.17) is 4.74 Å². The Labute approximate surface area is 144 Å². The molecule has 2 aromatic rings. The Morgan fingerprint density at radius 2 is 2.29 bits per heavy atom. The summed E-state index contributed by atoms with van der Waals surface area (Å²) in [6, 6.07) is 0. The molecule has 1 fully saturated rings. The molecule has 0 saturated carbocycles. The second kappa shape index (κ2) is 6.98. The first-order chi connectivity index (χ1) is 11.8. The number of carbonyl (C=O) groups is 1. The molecule has 1 aliphatic heterocycles. The van der Waals surface area contributed by atoms with E-state index in [2.05, 4.69) is 20.6 Å². The van der Waals surface area contributed by atoms with Crippen molar-refractivity contribution in [3.05, 3.63) is 27.5 Å². The lowest BCUT2D eigenvalue weighted by atomic mass is 10.0. The van der Waals surface area contributed by atoms with Crippen molar-refractivity contribution >= 4 is 17.2 Å². The van der Waals surface area contributed by atoms with E-state index >= 15 is 0 Å². The summed E-state index contributed by atoms with van der Waals surface area (Å²) in [5.74, 6) is -0.207. The molecule has 0 unspecified atom stereocenters. The van der Waals surface area contributed by atoms with E-state index < -0.39 is 0 Å². The monoisotopic (exact) mass is 347 g/mol. The molecule has 1 aliphatic carbocycles. The largest absolute Gasteiger partial charge is 0.376 e. The van der Waals surface area contributed by atoms with Crippen molar-refractivity contribution in [1.82, 2.24) is 25.3 Å². The minimum absolute atomic E-state index is 0.184. The Hall–Kier alpha value is -1.80. The van der Waals surface area contributed by atoms with Crippen LogP contribution in [0.3, 0.4) is 0 Å². The zero-order valence-electron chi connectivity index (χ0n) is 13.5. The van der Waals surface area contributed by atoms with Crippen molar-refractivity contribution in [1.29, 1.82) is 0 Å². The lowest BCUT2D eigenvalue weighted by Gasteiger charge is -2.07. The van der Waals surface area contributed by atoms with Crippen molar-refractivity contribution in [2.75, 3.05) is 6.61 Å². The number of fused-ring (bicyclic) bond motifs is 1. The number of carbonyl (C=O) groups excluding carboxylic acids is 1. The van der Waals surface area contributed by atoms with Crippen LogP contribution in [0, 0.1) is 0 Å². The van der Waals surface area contributed by atoms with E-state index in [1.807, 2.05) is 0 Å². The standard InChI is InChI=1S/C16H21N5O2S/c22-16(13-10-21(20-19-13)9-11-4-3-7-23-11)17-8-15-18-12-5-1-2-6-14(12)24-15/h10-11H,1-9H2,(H,17,22)/t11-/m0/s1. The highest BCUT2D eigenvalue weighted by Crippen LogP contribution is 2.26. The van der Waals surface area contributed by atoms with Crippen LogP contribution in [-0.2, 0) is 30.7 Å². The van der Waals surface area contributed by atoms with Crippen molar-refractivity contribution in [2.45, 2.75) is 57.7 Å². The van der Waals surface area contributed by atoms with E-state index in [-0.39, 0.29) is 12.0 Å². The first-order valence-electron chi connectivity index (χ1n) is 8.55. The molecule has 1 atom stereocenters. The SMILES string of the molecule is O=C(NCc1nc2c(s1)CCCC2)c1cn(C[C@@H]2CCCO2)nn1. The predicted molar refractivity (Wildman–Crippen MR) is 88.9 cm³/mol. The first-order valence-corrected chi connectivity index (χ1v) is 9.37. The predicted octanol–water partition coefficient (Wildman–Crippen LogP) is 1.72. The highest BCUT2D eigenvalue weighted by Gasteiger charge is 2.19. The molecular formula is C16H21N5O2S. The number of nitrogens with one attached hydrogen (secondary N) is 1. The zero-order valence-corrected chi connectivity index (χ0v) is 14.3. The maximum Gasteiger partial charge on any atom is 0.273 e. The summed E-state index contributed by atoms with van der Waals surface area (Å²) < 4.78 is 7.26. The molecule has 1 saturated heterocycles. The fourth-order valence-electron chi connectivity index (χ4n) is 3.22. The van der Waals surface area contributed by atoms with Crippen LogP contribution in [0.15, 0.2) is 6.20 Å². The van der Waals surface area contributed by atoms with E-state index in [0.717, 1.165) is 37.3 Å². The average Bonchev–Trinajstić information content (AvgIpc) is 3.33. The second-order valence-electron chi connectivity index (χ2n) is 6.33. The minimum Gasteiger partial charge on any atom is -0.376 e. The maximum atomic E-state index is 12.2. The highest BCUT2D eigenvalue weighted by atomic mass is 32.1. The summed E-state index contributed by atoms with van der Waals surface area (Å²) in [7, 11) is 0. The van der Waals surface area contributed by atoms with Crippen LogP contribution in [0.1, 0.15) is 51.8 Å². The summed E-state index contributed by atoms with van der Waals surface area (Å²) in [5.41, 5.74) is 1.56. The number of nitrogens with zero attached hydrogens (tertiary/aromatic N) is 4. The summed E-state index contributed by atoms with van der Waals surface area (Å²) in [6.07, 6.45) is 8.65.